The number of piperazine rings is 1. The molecule has 1 saturated heterocycles. The Hall–Kier alpha value is -3.34. The number of aromatic nitrogens is 6. The van der Waals surface area contributed by atoms with Crippen molar-refractivity contribution < 1.29 is 4.79 Å². The average molecular weight is 424 g/mol. The van der Waals surface area contributed by atoms with Gasteiger partial charge in [0.2, 0.25) is 11.9 Å². The number of nitrogen functional groups attached to an aromatic ring is 1. The number of rotatable bonds is 3. The first-order valence-electron chi connectivity index (χ1n) is 9.72. The summed E-state index contributed by atoms with van der Waals surface area (Å²) in [5.41, 5.74) is 9.10. The molecule has 5 rings (SSSR count). The average Bonchev–Trinajstić information content (AvgIpc) is 3.34. The van der Waals surface area contributed by atoms with Gasteiger partial charge in [-0.25, -0.2) is 15.0 Å². The van der Waals surface area contributed by atoms with Gasteiger partial charge in [0.05, 0.1) is 6.42 Å². The second-order valence-electron chi connectivity index (χ2n) is 7.31. The second kappa shape index (κ2) is 7.17. The first-order chi connectivity index (χ1) is 14.5. The van der Waals surface area contributed by atoms with Crippen LogP contribution >= 0.6 is 11.3 Å². The monoisotopic (exact) mass is 423 g/mol. The van der Waals surface area contributed by atoms with Crippen LogP contribution < -0.4 is 10.6 Å². The van der Waals surface area contributed by atoms with Gasteiger partial charge in [-0.1, -0.05) is 11.3 Å². The third kappa shape index (κ3) is 3.20. The number of fused-ring (bicyclic) bond motifs is 2. The van der Waals surface area contributed by atoms with Crippen LogP contribution in [0.25, 0.3) is 16.1 Å². The predicted molar refractivity (Wildman–Crippen MR) is 115 cm³/mol. The van der Waals surface area contributed by atoms with E-state index in [4.69, 9.17) is 5.73 Å². The Morgan fingerprint density at radius 3 is 2.73 bits per heavy atom. The molecule has 0 spiro atoms. The van der Waals surface area contributed by atoms with Crippen molar-refractivity contribution >= 4 is 44.4 Å². The summed E-state index contributed by atoms with van der Waals surface area (Å²) in [6, 6.07) is 3.87. The third-order valence-corrected chi connectivity index (χ3v) is 6.49. The summed E-state index contributed by atoms with van der Waals surface area (Å²) in [5, 5.41) is 5.13. The SMILES string of the molecule is Cc1nc2nc(N)nn2c(C)c1CC(=O)N1CCN(c2nc3cccnc3s2)CC1. The Morgan fingerprint density at radius 2 is 1.97 bits per heavy atom. The van der Waals surface area contributed by atoms with Crippen LogP contribution in [0.2, 0.25) is 0 Å². The summed E-state index contributed by atoms with van der Waals surface area (Å²) in [5.74, 6) is 0.716. The molecule has 0 bridgehead atoms. The molecule has 0 saturated carbocycles. The first kappa shape index (κ1) is 18.7. The highest BCUT2D eigenvalue weighted by Gasteiger charge is 2.25. The molecule has 0 atom stereocenters. The number of hydrogen-bond donors (Lipinski definition) is 1. The van der Waals surface area contributed by atoms with Gasteiger partial charge in [-0.2, -0.15) is 9.50 Å². The Labute approximate surface area is 176 Å². The molecular weight excluding hydrogens is 402 g/mol. The maximum Gasteiger partial charge on any atom is 0.254 e. The fourth-order valence-corrected chi connectivity index (χ4v) is 4.74. The second-order valence-corrected chi connectivity index (χ2v) is 8.27. The van der Waals surface area contributed by atoms with Gasteiger partial charge in [-0.15, -0.1) is 5.10 Å². The van der Waals surface area contributed by atoms with Crippen LogP contribution in [0.1, 0.15) is 17.0 Å². The van der Waals surface area contributed by atoms with E-state index in [-0.39, 0.29) is 18.3 Å². The van der Waals surface area contributed by atoms with Crippen molar-refractivity contribution in [3.8, 4) is 0 Å². The van der Waals surface area contributed by atoms with Crippen molar-refractivity contribution in [1.82, 2.24) is 34.4 Å². The molecule has 2 N–H and O–H groups in total. The molecule has 0 aromatic carbocycles. The van der Waals surface area contributed by atoms with E-state index >= 15 is 0 Å². The molecule has 1 amide bonds. The van der Waals surface area contributed by atoms with Crippen molar-refractivity contribution in [1.29, 1.82) is 0 Å². The number of hydrogen-bond acceptors (Lipinski definition) is 9. The van der Waals surface area contributed by atoms with Gasteiger partial charge in [0.25, 0.3) is 5.78 Å². The lowest BCUT2D eigenvalue weighted by molar-refractivity contribution is -0.130. The standard InChI is InChI=1S/C19H21N9OS/c1-11-13(12(2)28-18(22-11)24-17(20)25-28)10-15(29)26-6-8-27(9-7-26)19-23-14-4-3-5-21-16(14)30-19/h3-5H,6-10H2,1-2H3,(H2,20,25). The van der Waals surface area contributed by atoms with Crippen molar-refractivity contribution in [3.05, 3.63) is 35.3 Å². The van der Waals surface area contributed by atoms with Gasteiger partial charge in [-0.3, -0.25) is 4.79 Å². The van der Waals surface area contributed by atoms with Crippen molar-refractivity contribution in [2.24, 2.45) is 0 Å². The predicted octanol–water partition coefficient (Wildman–Crippen LogP) is 1.22. The topological polar surface area (TPSA) is 118 Å². The highest BCUT2D eigenvalue weighted by Crippen LogP contribution is 2.27. The van der Waals surface area contributed by atoms with E-state index in [1.54, 1.807) is 22.0 Å². The van der Waals surface area contributed by atoms with Crippen molar-refractivity contribution in [2.75, 3.05) is 36.8 Å². The van der Waals surface area contributed by atoms with Gasteiger partial charge < -0.3 is 15.5 Å². The molecule has 30 heavy (non-hydrogen) atoms. The minimum atomic E-state index is 0.0843. The highest BCUT2D eigenvalue weighted by atomic mass is 32.1. The number of aryl methyl sites for hydroxylation is 2. The van der Waals surface area contributed by atoms with E-state index in [0.29, 0.717) is 18.9 Å². The smallest absolute Gasteiger partial charge is 0.254 e. The van der Waals surface area contributed by atoms with E-state index in [2.05, 4.69) is 29.9 Å². The third-order valence-electron chi connectivity index (χ3n) is 5.45. The summed E-state index contributed by atoms with van der Waals surface area (Å²) >= 11 is 1.59. The number of nitrogens with two attached hydrogens (primary N) is 1. The molecule has 1 fully saturated rings. The number of anilines is 2. The van der Waals surface area contributed by atoms with E-state index in [1.807, 2.05) is 30.9 Å². The zero-order chi connectivity index (χ0) is 20.8. The molecule has 1 aliphatic heterocycles. The molecule has 0 radical (unpaired) electrons. The van der Waals surface area contributed by atoms with E-state index < -0.39 is 0 Å². The molecule has 0 unspecified atom stereocenters. The Bertz CT molecular complexity index is 1220. The largest absolute Gasteiger partial charge is 0.366 e. The summed E-state index contributed by atoms with van der Waals surface area (Å²) in [4.78, 5) is 35.6. The lowest BCUT2D eigenvalue weighted by Gasteiger charge is -2.34. The Kier molecular flexibility index (Phi) is 4.46. The lowest BCUT2D eigenvalue weighted by Crippen LogP contribution is -2.49. The lowest BCUT2D eigenvalue weighted by atomic mass is 10.1. The maximum atomic E-state index is 13.0. The number of amides is 1. The Balaban J connectivity index is 1.28. The van der Waals surface area contributed by atoms with Crippen LogP contribution in [0.15, 0.2) is 18.3 Å². The Morgan fingerprint density at radius 1 is 1.17 bits per heavy atom. The van der Waals surface area contributed by atoms with Gasteiger partial charge in [0.15, 0.2) is 5.13 Å². The molecule has 5 heterocycles. The van der Waals surface area contributed by atoms with Gasteiger partial charge in [0, 0.05) is 49.3 Å². The normalized spacial score (nSPS) is 14.7. The molecule has 0 aliphatic carbocycles. The van der Waals surface area contributed by atoms with Crippen molar-refractivity contribution in [3.63, 3.8) is 0 Å². The number of thiazole rings is 1. The minimum absolute atomic E-state index is 0.0843. The van der Waals surface area contributed by atoms with Crippen LogP contribution in [0.3, 0.4) is 0 Å². The van der Waals surface area contributed by atoms with Gasteiger partial charge >= 0.3 is 0 Å². The van der Waals surface area contributed by atoms with Crippen LogP contribution in [0.5, 0.6) is 0 Å². The fraction of sp³-hybridized carbons (Fsp3) is 0.368. The zero-order valence-corrected chi connectivity index (χ0v) is 17.6. The highest BCUT2D eigenvalue weighted by molar-refractivity contribution is 7.21. The summed E-state index contributed by atoms with van der Waals surface area (Å²) < 4.78 is 1.60. The molecule has 10 nitrogen and oxygen atoms in total. The minimum Gasteiger partial charge on any atom is -0.366 e. The van der Waals surface area contributed by atoms with Crippen LogP contribution in [0, 0.1) is 13.8 Å². The summed E-state index contributed by atoms with van der Waals surface area (Å²) in [7, 11) is 0. The zero-order valence-electron chi connectivity index (χ0n) is 16.7. The quantitative estimate of drug-likeness (QED) is 0.522. The number of pyridine rings is 1. The molecule has 4 aromatic heterocycles. The summed E-state index contributed by atoms with van der Waals surface area (Å²) in [6.07, 6.45) is 2.07. The van der Waals surface area contributed by atoms with Gasteiger partial charge in [-0.05, 0) is 26.0 Å². The number of nitrogens with zero attached hydrogens (tertiary/aromatic N) is 8. The molecule has 154 valence electrons. The number of carbonyl (C=O) groups is 1. The van der Waals surface area contributed by atoms with Crippen molar-refractivity contribution in [2.45, 2.75) is 20.3 Å². The van der Waals surface area contributed by atoms with Crippen LogP contribution in [-0.4, -0.2) is 66.5 Å². The first-order valence-corrected chi connectivity index (χ1v) is 10.5. The van der Waals surface area contributed by atoms with Gasteiger partial charge in [0.1, 0.15) is 10.3 Å². The van der Waals surface area contributed by atoms with Crippen LogP contribution in [0.4, 0.5) is 11.1 Å². The molecule has 11 heteroatoms. The van der Waals surface area contributed by atoms with Crippen LogP contribution in [-0.2, 0) is 11.2 Å². The van der Waals surface area contributed by atoms with E-state index in [0.717, 1.165) is 45.5 Å². The molecular formula is C19H21N9OS. The molecule has 1 aliphatic rings. The fourth-order valence-electron chi connectivity index (χ4n) is 3.78. The summed E-state index contributed by atoms with van der Waals surface area (Å²) in [6.45, 7) is 6.62. The van der Waals surface area contributed by atoms with E-state index in [9.17, 15) is 4.79 Å². The van der Waals surface area contributed by atoms with E-state index in [1.165, 1.54) is 0 Å². The number of carbonyl (C=O) groups excluding carboxylic acids is 1. The maximum absolute atomic E-state index is 13.0. The molecule has 4 aromatic rings.